The standard InChI is InChI=1S/C12H22N2O4/c1-16-10-5-13-11(15)14-6-3-12(4-7-14)17-8-2-9-18-12/h2-10H2,1H3,(H,13,15). The van der Waals surface area contributed by atoms with Gasteiger partial charge in [0.2, 0.25) is 0 Å². The summed E-state index contributed by atoms with van der Waals surface area (Å²) in [6, 6.07) is -0.0299. The number of urea groups is 1. The van der Waals surface area contributed by atoms with Gasteiger partial charge in [-0.3, -0.25) is 0 Å². The quantitative estimate of drug-likeness (QED) is 0.752. The van der Waals surface area contributed by atoms with Gasteiger partial charge in [0.05, 0.1) is 19.8 Å². The molecule has 2 fully saturated rings. The summed E-state index contributed by atoms with van der Waals surface area (Å²) in [6.45, 7) is 3.97. The molecule has 0 unspecified atom stereocenters. The van der Waals surface area contributed by atoms with Gasteiger partial charge < -0.3 is 24.4 Å². The van der Waals surface area contributed by atoms with E-state index in [1.807, 2.05) is 4.90 Å². The van der Waals surface area contributed by atoms with Crippen LogP contribution in [-0.4, -0.2) is 63.3 Å². The smallest absolute Gasteiger partial charge is 0.317 e. The SMILES string of the molecule is COCCNC(=O)N1CCC2(CC1)OCCCO2. The molecule has 0 bridgehead atoms. The second-order valence-corrected chi connectivity index (χ2v) is 4.67. The zero-order valence-electron chi connectivity index (χ0n) is 10.9. The zero-order chi connectivity index (χ0) is 12.8. The van der Waals surface area contributed by atoms with Crippen LogP contribution >= 0.6 is 0 Å². The van der Waals surface area contributed by atoms with Gasteiger partial charge in [-0.05, 0) is 6.42 Å². The number of nitrogens with zero attached hydrogens (tertiary/aromatic N) is 1. The maximum Gasteiger partial charge on any atom is 0.317 e. The van der Waals surface area contributed by atoms with Crippen LogP contribution < -0.4 is 5.32 Å². The fraction of sp³-hybridized carbons (Fsp3) is 0.917. The highest BCUT2D eigenvalue weighted by molar-refractivity contribution is 5.74. The largest absolute Gasteiger partial charge is 0.383 e. The molecule has 6 heteroatoms. The molecule has 0 radical (unpaired) electrons. The van der Waals surface area contributed by atoms with Gasteiger partial charge in [-0.25, -0.2) is 4.79 Å². The van der Waals surface area contributed by atoms with E-state index in [1.165, 1.54) is 0 Å². The molecule has 2 aliphatic heterocycles. The molecule has 2 heterocycles. The Morgan fingerprint density at radius 3 is 2.61 bits per heavy atom. The van der Waals surface area contributed by atoms with Crippen LogP contribution in [0.4, 0.5) is 4.79 Å². The minimum absolute atomic E-state index is 0.0299. The Hall–Kier alpha value is -0.850. The number of likely N-dealkylation sites (tertiary alicyclic amines) is 1. The highest BCUT2D eigenvalue weighted by Crippen LogP contribution is 2.30. The number of ether oxygens (including phenoxy) is 3. The summed E-state index contributed by atoms with van der Waals surface area (Å²) >= 11 is 0. The Kier molecular flexibility index (Phi) is 4.79. The fourth-order valence-electron chi connectivity index (χ4n) is 2.33. The fourth-order valence-corrected chi connectivity index (χ4v) is 2.33. The van der Waals surface area contributed by atoms with Gasteiger partial charge in [-0.1, -0.05) is 0 Å². The first-order valence-electron chi connectivity index (χ1n) is 6.55. The number of rotatable bonds is 3. The Balaban J connectivity index is 1.73. The predicted molar refractivity (Wildman–Crippen MR) is 65.3 cm³/mol. The Morgan fingerprint density at radius 2 is 2.00 bits per heavy atom. The van der Waals surface area contributed by atoms with Gasteiger partial charge in [-0.2, -0.15) is 0 Å². The Morgan fingerprint density at radius 1 is 1.33 bits per heavy atom. The third-order valence-corrected chi connectivity index (χ3v) is 3.41. The summed E-state index contributed by atoms with van der Waals surface area (Å²) in [5, 5.41) is 2.83. The van der Waals surface area contributed by atoms with Gasteiger partial charge in [0, 0.05) is 39.6 Å². The molecule has 2 aliphatic rings. The number of methoxy groups -OCH3 is 1. The minimum Gasteiger partial charge on any atom is -0.383 e. The number of piperidine rings is 1. The molecule has 0 aromatic rings. The second-order valence-electron chi connectivity index (χ2n) is 4.67. The van der Waals surface area contributed by atoms with Gasteiger partial charge in [-0.15, -0.1) is 0 Å². The topological polar surface area (TPSA) is 60.0 Å². The third-order valence-electron chi connectivity index (χ3n) is 3.41. The van der Waals surface area contributed by atoms with Crippen molar-refractivity contribution in [2.75, 3.05) is 46.6 Å². The number of hydrogen-bond donors (Lipinski definition) is 1. The van der Waals surface area contributed by atoms with Gasteiger partial charge in [0.1, 0.15) is 0 Å². The van der Waals surface area contributed by atoms with E-state index < -0.39 is 5.79 Å². The second kappa shape index (κ2) is 6.36. The van der Waals surface area contributed by atoms with Crippen LogP contribution in [0.15, 0.2) is 0 Å². The molecule has 1 N–H and O–H groups in total. The molecule has 2 saturated heterocycles. The van der Waals surface area contributed by atoms with Crippen LogP contribution in [0.3, 0.4) is 0 Å². The van der Waals surface area contributed by atoms with Crippen molar-refractivity contribution in [2.24, 2.45) is 0 Å². The van der Waals surface area contributed by atoms with E-state index in [0.29, 0.717) is 26.2 Å². The van der Waals surface area contributed by atoms with Crippen molar-refractivity contribution in [3.8, 4) is 0 Å². The molecule has 1 spiro atoms. The van der Waals surface area contributed by atoms with Crippen LogP contribution in [0.25, 0.3) is 0 Å². The van der Waals surface area contributed by atoms with Crippen LogP contribution in [0.5, 0.6) is 0 Å². The summed E-state index contributed by atoms with van der Waals surface area (Å²) in [7, 11) is 1.62. The van der Waals surface area contributed by atoms with Crippen LogP contribution in [0, 0.1) is 0 Å². The molecule has 0 aliphatic carbocycles. The molecule has 2 amide bonds. The van der Waals surface area contributed by atoms with Crippen molar-refractivity contribution >= 4 is 6.03 Å². The highest BCUT2D eigenvalue weighted by Gasteiger charge is 2.39. The molecule has 0 atom stereocenters. The lowest BCUT2D eigenvalue weighted by atomic mass is 10.0. The van der Waals surface area contributed by atoms with E-state index in [1.54, 1.807) is 7.11 Å². The van der Waals surface area contributed by atoms with Crippen molar-refractivity contribution in [2.45, 2.75) is 25.0 Å². The van der Waals surface area contributed by atoms with Crippen molar-refractivity contribution in [1.29, 1.82) is 0 Å². The normalized spacial score (nSPS) is 23.1. The van der Waals surface area contributed by atoms with Crippen molar-refractivity contribution < 1.29 is 19.0 Å². The molecule has 0 aromatic carbocycles. The summed E-state index contributed by atoms with van der Waals surface area (Å²) in [5.41, 5.74) is 0. The predicted octanol–water partition coefficient (Wildman–Crippen LogP) is 0.571. The van der Waals surface area contributed by atoms with E-state index in [-0.39, 0.29) is 6.03 Å². The molecule has 6 nitrogen and oxygen atoms in total. The van der Waals surface area contributed by atoms with E-state index in [0.717, 1.165) is 32.5 Å². The molecular formula is C12H22N2O4. The summed E-state index contributed by atoms with van der Waals surface area (Å²) < 4.78 is 16.4. The first-order chi connectivity index (χ1) is 8.76. The summed E-state index contributed by atoms with van der Waals surface area (Å²) in [4.78, 5) is 13.6. The van der Waals surface area contributed by atoms with Crippen LogP contribution in [0.2, 0.25) is 0 Å². The lowest BCUT2D eigenvalue weighted by Gasteiger charge is -2.43. The molecule has 2 rings (SSSR count). The number of amides is 2. The zero-order valence-corrected chi connectivity index (χ0v) is 10.9. The maximum absolute atomic E-state index is 11.8. The number of nitrogens with one attached hydrogen (secondary N) is 1. The van der Waals surface area contributed by atoms with Crippen molar-refractivity contribution in [1.82, 2.24) is 10.2 Å². The van der Waals surface area contributed by atoms with Gasteiger partial charge >= 0.3 is 6.03 Å². The van der Waals surface area contributed by atoms with E-state index in [9.17, 15) is 4.79 Å². The van der Waals surface area contributed by atoms with E-state index >= 15 is 0 Å². The summed E-state index contributed by atoms with van der Waals surface area (Å²) in [6.07, 6.45) is 2.47. The molecular weight excluding hydrogens is 236 g/mol. The first kappa shape index (κ1) is 13.6. The third kappa shape index (κ3) is 3.34. The monoisotopic (exact) mass is 258 g/mol. The van der Waals surface area contributed by atoms with Crippen LogP contribution in [0.1, 0.15) is 19.3 Å². The number of carbonyl (C=O) groups is 1. The van der Waals surface area contributed by atoms with E-state index in [2.05, 4.69) is 5.32 Å². The number of carbonyl (C=O) groups excluding carboxylic acids is 1. The molecule has 0 saturated carbocycles. The van der Waals surface area contributed by atoms with Gasteiger partial charge in [0.15, 0.2) is 5.79 Å². The Bertz CT molecular complexity index is 269. The lowest BCUT2D eigenvalue weighted by molar-refractivity contribution is -0.281. The average molecular weight is 258 g/mol. The first-order valence-corrected chi connectivity index (χ1v) is 6.55. The maximum atomic E-state index is 11.8. The average Bonchev–Trinajstić information content (AvgIpc) is 2.41. The molecule has 18 heavy (non-hydrogen) atoms. The van der Waals surface area contributed by atoms with Gasteiger partial charge in [0.25, 0.3) is 0 Å². The van der Waals surface area contributed by atoms with E-state index in [4.69, 9.17) is 14.2 Å². The van der Waals surface area contributed by atoms with Crippen molar-refractivity contribution in [3.63, 3.8) is 0 Å². The molecule has 104 valence electrons. The minimum atomic E-state index is -0.429. The highest BCUT2D eigenvalue weighted by atomic mass is 16.7. The number of hydrogen-bond acceptors (Lipinski definition) is 4. The lowest BCUT2D eigenvalue weighted by Crippen LogP contribution is -2.53. The summed E-state index contributed by atoms with van der Waals surface area (Å²) in [5.74, 6) is -0.429. The van der Waals surface area contributed by atoms with Crippen molar-refractivity contribution in [3.05, 3.63) is 0 Å². The van der Waals surface area contributed by atoms with Crippen LogP contribution in [-0.2, 0) is 14.2 Å². The Labute approximate surface area is 108 Å². The molecule has 0 aromatic heterocycles.